The largest absolute Gasteiger partial charge is 0.399 e. The molecule has 0 unspecified atom stereocenters. The van der Waals surface area contributed by atoms with E-state index in [4.69, 9.17) is 5.73 Å². The summed E-state index contributed by atoms with van der Waals surface area (Å²) >= 11 is 0. The van der Waals surface area contributed by atoms with Gasteiger partial charge in [0.25, 0.3) is 6.43 Å². The molecule has 3 N–H and O–H groups in total. The molecule has 2 aromatic rings. The van der Waals surface area contributed by atoms with E-state index in [1.807, 2.05) is 31.2 Å². The maximum atomic E-state index is 12.9. The number of aryl methyl sites for hydroxylation is 1. The number of anilines is 3. The molecule has 0 aliphatic rings. The lowest BCUT2D eigenvalue weighted by Gasteiger charge is -2.12. The predicted molar refractivity (Wildman–Crippen MR) is 70.3 cm³/mol. The number of hydrogen-bond acceptors (Lipinski definition) is 2. The van der Waals surface area contributed by atoms with E-state index in [1.54, 1.807) is 12.1 Å². The number of nitrogen functional groups attached to an aromatic ring is 1. The molecule has 2 aromatic carbocycles. The fourth-order valence-corrected chi connectivity index (χ4v) is 1.75. The Morgan fingerprint density at radius 2 is 1.89 bits per heavy atom. The molecule has 0 atom stereocenters. The van der Waals surface area contributed by atoms with Gasteiger partial charge in [0.05, 0.1) is 0 Å². The molecular formula is C14H14F2N2. The number of hydrogen-bond donors (Lipinski definition) is 2. The van der Waals surface area contributed by atoms with Gasteiger partial charge in [-0.3, -0.25) is 0 Å². The first-order valence-corrected chi connectivity index (χ1v) is 5.57. The maximum absolute atomic E-state index is 12.9. The number of nitrogens with two attached hydrogens (primary N) is 1. The van der Waals surface area contributed by atoms with Crippen LogP contribution in [-0.2, 0) is 0 Å². The fraction of sp³-hybridized carbons (Fsp3) is 0.143. The van der Waals surface area contributed by atoms with Crippen molar-refractivity contribution in [1.29, 1.82) is 0 Å². The Morgan fingerprint density at radius 1 is 1.11 bits per heavy atom. The van der Waals surface area contributed by atoms with Gasteiger partial charge in [0.2, 0.25) is 0 Å². The molecule has 2 nitrogen and oxygen atoms in total. The van der Waals surface area contributed by atoms with E-state index in [1.165, 1.54) is 6.07 Å². The number of halogens is 2. The van der Waals surface area contributed by atoms with Gasteiger partial charge in [0, 0.05) is 22.6 Å². The van der Waals surface area contributed by atoms with Crippen molar-refractivity contribution in [1.82, 2.24) is 0 Å². The third-order valence-electron chi connectivity index (χ3n) is 2.61. The van der Waals surface area contributed by atoms with Crippen molar-refractivity contribution in [2.45, 2.75) is 13.3 Å². The van der Waals surface area contributed by atoms with Crippen molar-refractivity contribution < 1.29 is 8.78 Å². The lowest BCUT2D eigenvalue weighted by molar-refractivity contribution is 0.152. The Balaban J connectivity index is 2.34. The topological polar surface area (TPSA) is 38.0 Å². The van der Waals surface area contributed by atoms with Crippen LogP contribution in [0, 0.1) is 6.92 Å². The molecule has 0 spiro atoms. The minimum atomic E-state index is -2.55. The van der Waals surface area contributed by atoms with Gasteiger partial charge in [-0.15, -0.1) is 0 Å². The highest BCUT2D eigenvalue weighted by molar-refractivity contribution is 5.66. The Bertz CT molecular complexity index is 553. The highest BCUT2D eigenvalue weighted by Gasteiger charge is 2.13. The molecule has 0 saturated carbocycles. The second-order valence-corrected chi connectivity index (χ2v) is 4.14. The monoisotopic (exact) mass is 248 g/mol. The van der Waals surface area contributed by atoms with E-state index in [0.29, 0.717) is 11.4 Å². The second-order valence-electron chi connectivity index (χ2n) is 4.14. The Morgan fingerprint density at radius 3 is 2.56 bits per heavy atom. The predicted octanol–water partition coefficient (Wildman–Crippen LogP) is 4.26. The maximum Gasteiger partial charge on any atom is 0.265 e. The van der Waals surface area contributed by atoms with Crippen molar-refractivity contribution in [3.8, 4) is 0 Å². The summed E-state index contributed by atoms with van der Waals surface area (Å²) in [6.07, 6.45) is -2.55. The molecule has 0 aromatic heterocycles. The quantitative estimate of drug-likeness (QED) is 0.796. The molecule has 94 valence electrons. The zero-order valence-electron chi connectivity index (χ0n) is 9.95. The van der Waals surface area contributed by atoms with Crippen LogP contribution < -0.4 is 11.1 Å². The molecule has 0 radical (unpaired) electrons. The van der Waals surface area contributed by atoms with Crippen LogP contribution in [0.15, 0.2) is 42.5 Å². The van der Waals surface area contributed by atoms with E-state index >= 15 is 0 Å². The Hall–Kier alpha value is -2.10. The summed E-state index contributed by atoms with van der Waals surface area (Å²) in [6, 6.07) is 12.0. The number of benzene rings is 2. The van der Waals surface area contributed by atoms with Crippen molar-refractivity contribution in [3.05, 3.63) is 53.6 Å². The van der Waals surface area contributed by atoms with Crippen molar-refractivity contribution >= 4 is 17.1 Å². The summed E-state index contributed by atoms with van der Waals surface area (Å²) in [5, 5.41) is 2.99. The van der Waals surface area contributed by atoms with Crippen molar-refractivity contribution in [2.75, 3.05) is 11.1 Å². The summed E-state index contributed by atoms with van der Waals surface area (Å²) in [5.41, 5.74) is 7.99. The van der Waals surface area contributed by atoms with Crippen LogP contribution in [0.2, 0.25) is 0 Å². The van der Waals surface area contributed by atoms with Gasteiger partial charge in [-0.2, -0.15) is 0 Å². The van der Waals surface area contributed by atoms with Crippen LogP contribution in [0.5, 0.6) is 0 Å². The van der Waals surface area contributed by atoms with E-state index in [9.17, 15) is 8.78 Å². The first-order chi connectivity index (χ1) is 8.56. The standard InChI is InChI=1S/C14H14F2N2/c1-9-3-2-4-11(7-9)18-13-6-5-10(17)8-12(13)14(15)16/h2-8,14,18H,17H2,1H3. The minimum absolute atomic E-state index is 0.0866. The molecule has 0 amide bonds. The van der Waals surface area contributed by atoms with Crippen molar-refractivity contribution in [2.24, 2.45) is 0 Å². The van der Waals surface area contributed by atoms with Gasteiger partial charge >= 0.3 is 0 Å². The fourth-order valence-electron chi connectivity index (χ4n) is 1.75. The van der Waals surface area contributed by atoms with Crippen LogP contribution in [0.1, 0.15) is 17.6 Å². The zero-order chi connectivity index (χ0) is 13.1. The van der Waals surface area contributed by atoms with Crippen molar-refractivity contribution in [3.63, 3.8) is 0 Å². The zero-order valence-corrected chi connectivity index (χ0v) is 9.95. The van der Waals surface area contributed by atoms with Gasteiger partial charge in [-0.25, -0.2) is 8.78 Å². The number of nitrogens with one attached hydrogen (secondary N) is 1. The first kappa shape index (κ1) is 12.4. The number of rotatable bonds is 3. The van der Waals surface area contributed by atoms with E-state index < -0.39 is 6.43 Å². The minimum Gasteiger partial charge on any atom is -0.399 e. The number of alkyl halides is 2. The lowest BCUT2D eigenvalue weighted by atomic mass is 10.1. The van der Waals surface area contributed by atoms with Gasteiger partial charge in [0.15, 0.2) is 0 Å². The highest BCUT2D eigenvalue weighted by atomic mass is 19.3. The molecule has 2 rings (SSSR count). The Kier molecular flexibility index (Phi) is 3.46. The first-order valence-electron chi connectivity index (χ1n) is 5.57. The van der Waals surface area contributed by atoms with Crippen LogP contribution in [0.3, 0.4) is 0 Å². The van der Waals surface area contributed by atoms with Crippen LogP contribution in [-0.4, -0.2) is 0 Å². The Labute approximate surface area is 104 Å². The summed E-state index contributed by atoms with van der Waals surface area (Å²) < 4.78 is 25.8. The van der Waals surface area contributed by atoms with E-state index in [0.717, 1.165) is 11.3 Å². The normalized spacial score (nSPS) is 10.7. The smallest absolute Gasteiger partial charge is 0.265 e. The molecule has 0 bridgehead atoms. The van der Waals surface area contributed by atoms with Crippen LogP contribution in [0.25, 0.3) is 0 Å². The van der Waals surface area contributed by atoms with Crippen LogP contribution >= 0.6 is 0 Å². The summed E-state index contributed by atoms with van der Waals surface area (Å²) in [5.74, 6) is 0. The third kappa shape index (κ3) is 2.77. The molecule has 18 heavy (non-hydrogen) atoms. The SMILES string of the molecule is Cc1cccc(Nc2ccc(N)cc2C(F)F)c1. The van der Waals surface area contributed by atoms with Gasteiger partial charge < -0.3 is 11.1 Å². The average molecular weight is 248 g/mol. The molecule has 0 aliphatic carbocycles. The van der Waals surface area contributed by atoms with E-state index in [2.05, 4.69) is 5.32 Å². The lowest BCUT2D eigenvalue weighted by Crippen LogP contribution is -1.98. The molecule has 0 aliphatic heterocycles. The summed E-state index contributed by atoms with van der Waals surface area (Å²) in [6.45, 7) is 1.95. The molecule has 0 fully saturated rings. The molecule has 4 heteroatoms. The van der Waals surface area contributed by atoms with Gasteiger partial charge in [0.1, 0.15) is 0 Å². The van der Waals surface area contributed by atoms with Gasteiger partial charge in [-0.05, 0) is 42.8 Å². The molecule has 0 saturated heterocycles. The average Bonchev–Trinajstić information content (AvgIpc) is 2.31. The molecular weight excluding hydrogens is 234 g/mol. The van der Waals surface area contributed by atoms with E-state index in [-0.39, 0.29) is 5.56 Å². The van der Waals surface area contributed by atoms with Gasteiger partial charge in [-0.1, -0.05) is 12.1 Å². The second kappa shape index (κ2) is 5.04. The highest BCUT2D eigenvalue weighted by Crippen LogP contribution is 2.31. The summed E-state index contributed by atoms with van der Waals surface area (Å²) in [4.78, 5) is 0. The molecule has 0 heterocycles. The van der Waals surface area contributed by atoms with Crippen LogP contribution in [0.4, 0.5) is 25.8 Å². The summed E-state index contributed by atoms with van der Waals surface area (Å²) in [7, 11) is 0. The third-order valence-corrected chi connectivity index (χ3v) is 2.61.